The van der Waals surface area contributed by atoms with Crippen molar-refractivity contribution in [3.8, 4) is 0 Å². The van der Waals surface area contributed by atoms with Gasteiger partial charge < -0.3 is 15.8 Å². The summed E-state index contributed by atoms with van der Waals surface area (Å²) in [4.78, 5) is 11.9. The lowest BCUT2D eigenvalue weighted by atomic mass is 9.92. The fourth-order valence-electron chi connectivity index (χ4n) is 2.42. The molecule has 0 aromatic carbocycles. The van der Waals surface area contributed by atoms with Crippen LogP contribution in [0.4, 0.5) is 0 Å². The van der Waals surface area contributed by atoms with Gasteiger partial charge in [0.05, 0.1) is 5.92 Å². The summed E-state index contributed by atoms with van der Waals surface area (Å²) >= 11 is 0. The molecule has 4 heteroatoms. The Kier molecular flexibility index (Phi) is 2.32. The van der Waals surface area contributed by atoms with E-state index in [0.717, 1.165) is 13.0 Å². The van der Waals surface area contributed by atoms with Crippen LogP contribution in [0, 0.1) is 11.3 Å². The van der Waals surface area contributed by atoms with Crippen LogP contribution in [-0.2, 0) is 9.53 Å². The molecule has 0 aromatic rings. The smallest absolute Gasteiger partial charge is 0.311 e. The van der Waals surface area contributed by atoms with E-state index in [1.807, 2.05) is 20.8 Å². The van der Waals surface area contributed by atoms with E-state index in [-0.39, 0.29) is 23.3 Å². The van der Waals surface area contributed by atoms with Crippen molar-refractivity contribution >= 4 is 5.97 Å². The lowest BCUT2D eigenvalue weighted by molar-refractivity contribution is -0.161. The number of carbonyl (C=O) groups is 1. The second-order valence-corrected chi connectivity index (χ2v) is 5.76. The summed E-state index contributed by atoms with van der Waals surface area (Å²) in [6.07, 6.45) is 0.948. The summed E-state index contributed by atoms with van der Waals surface area (Å²) in [6.45, 7) is 7.26. The topological polar surface area (TPSA) is 64.3 Å². The predicted octanol–water partition coefficient (Wildman–Crippen LogP) is 0.265. The third-order valence-corrected chi connectivity index (χ3v) is 3.37. The molecule has 3 unspecified atom stereocenters. The Balaban J connectivity index is 2.02. The first-order valence-electron chi connectivity index (χ1n) is 5.54. The molecule has 0 aromatic heterocycles. The Bertz CT molecular complexity index is 285. The van der Waals surface area contributed by atoms with E-state index < -0.39 is 5.60 Å². The van der Waals surface area contributed by atoms with Crippen LogP contribution in [0.1, 0.15) is 27.2 Å². The monoisotopic (exact) mass is 212 g/mol. The highest BCUT2D eigenvalue weighted by atomic mass is 16.6. The van der Waals surface area contributed by atoms with Crippen molar-refractivity contribution in [3.63, 3.8) is 0 Å². The fraction of sp³-hybridized carbons (Fsp3) is 0.909. The van der Waals surface area contributed by atoms with E-state index in [1.54, 1.807) is 0 Å². The molecule has 3 N–H and O–H groups in total. The number of nitrogens with two attached hydrogens (primary N) is 1. The largest absolute Gasteiger partial charge is 0.460 e. The predicted molar refractivity (Wildman–Crippen MR) is 57.2 cm³/mol. The molecule has 86 valence electrons. The molecular weight excluding hydrogens is 192 g/mol. The van der Waals surface area contributed by atoms with Crippen molar-refractivity contribution in [2.24, 2.45) is 17.1 Å². The van der Waals surface area contributed by atoms with Gasteiger partial charge in [-0.05, 0) is 27.2 Å². The molecule has 4 nitrogen and oxygen atoms in total. The summed E-state index contributed by atoms with van der Waals surface area (Å²) in [6, 6.07) is 0.171. The molecule has 0 radical (unpaired) electrons. The fourth-order valence-corrected chi connectivity index (χ4v) is 2.42. The van der Waals surface area contributed by atoms with Gasteiger partial charge in [0.25, 0.3) is 0 Å². The van der Waals surface area contributed by atoms with Crippen molar-refractivity contribution < 1.29 is 9.53 Å². The third kappa shape index (κ3) is 1.88. The highest BCUT2D eigenvalue weighted by Crippen LogP contribution is 2.53. The van der Waals surface area contributed by atoms with Crippen LogP contribution in [0.3, 0.4) is 0 Å². The number of nitrogens with one attached hydrogen (secondary N) is 1. The van der Waals surface area contributed by atoms with Crippen LogP contribution >= 0.6 is 0 Å². The van der Waals surface area contributed by atoms with Crippen molar-refractivity contribution in [2.75, 3.05) is 13.1 Å². The zero-order chi connectivity index (χ0) is 11.3. The van der Waals surface area contributed by atoms with Gasteiger partial charge in [0, 0.05) is 24.5 Å². The zero-order valence-electron chi connectivity index (χ0n) is 9.67. The number of hydrogen-bond acceptors (Lipinski definition) is 4. The molecular formula is C11H20N2O2. The van der Waals surface area contributed by atoms with Gasteiger partial charge in [-0.2, -0.15) is 0 Å². The molecule has 1 saturated heterocycles. The maximum absolute atomic E-state index is 11.9. The summed E-state index contributed by atoms with van der Waals surface area (Å²) in [5.74, 6) is -0.146. The van der Waals surface area contributed by atoms with Crippen LogP contribution in [-0.4, -0.2) is 30.7 Å². The number of carbonyl (C=O) groups excluding carboxylic acids is 1. The zero-order valence-corrected chi connectivity index (χ0v) is 9.67. The van der Waals surface area contributed by atoms with Gasteiger partial charge in [-0.25, -0.2) is 0 Å². The average molecular weight is 212 g/mol. The van der Waals surface area contributed by atoms with Crippen molar-refractivity contribution in [1.82, 2.24) is 5.32 Å². The summed E-state index contributed by atoms with van der Waals surface area (Å²) < 4.78 is 5.41. The van der Waals surface area contributed by atoms with Gasteiger partial charge >= 0.3 is 5.97 Å². The molecule has 1 heterocycles. The molecule has 1 aliphatic carbocycles. The van der Waals surface area contributed by atoms with E-state index in [1.165, 1.54) is 0 Å². The summed E-state index contributed by atoms with van der Waals surface area (Å²) in [5, 5.41) is 3.24. The number of rotatable bonds is 1. The van der Waals surface area contributed by atoms with Crippen molar-refractivity contribution in [3.05, 3.63) is 0 Å². The number of esters is 1. The minimum absolute atomic E-state index is 0.00231. The van der Waals surface area contributed by atoms with Crippen LogP contribution in [0.2, 0.25) is 0 Å². The van der Waals surface area contributed by atoms with E-state index in [4.69, 9.17) is 10.5 Å². The molecule has 2 fully saturated rings. The molecule has 3 atom stereocenters. The van der Waals surface area contributed by atoms with Gasteiger partial charge in [0.15, 0.2) is 0 Å². The first-order chi connectivity index (χ1) is 6.85. The quantitative estimate of drug-likeness (QED) is 0.612. The highest BCUT2D eigenvalue weighted by Gasteiger charge is 2.62. The molecule has 2 rings (SSSR count). The van der Waals surface area contributed by atoms with Gasteiger partial charge in [0.2, 0.25) is 0 Å². The van der Waals surface area contributed by atoms with E-state index in [9.17, 15) is 4.79 Å². The number of ether oxygens (including phenoxy) is 1. The molecule has 1 spiro atoms. The minimum Gasteiger partial charge on any atom is -0.460 e. The van der Waals surface area contributed by atoms with Crippen LogP contribution < -0.4 is 11.1 Å². The Hall–Kier alpha value is -0.610. The SMILES string of the molecule is CC(C)(C)OC(=O)C1CNCC12CC2N. The second kappa shape index (κ2) is 3.19. The Labute approximate surface area is 90.5 Å². The second-order valence-electron chi connectivity index (χ2n) is 5.76. The van der Waals surface area contributed by atoms with Gasteiger partial charge in [0.1, 0.15) is 5.60 Å². The van der Waals surface area contributed by atoms with Gasteiger partial charge in [-0.1, -0.05) is 0 Å². The molecule has 2 aliphatic rings. The molecule has 15 heavy (non-hydrogen) atoms. The lowest BCUT2D eigenvalue weighted by Crippen LogP contribution is -2.35. The van der Waals surface area contributed by atoms with Crippen molar-refractivity contribution in [2.45, 2.75) is 38.8 Å². The third-order valence-electron chi connectivity index (χ3n) is 3.37. The van der Waals surface area contributed by atoms with E-state index in [2.05, 4.69) is 5.32 Å². The van der Waals surface area contributed by atoms with Crippen molar-refractivity contribution in [1.29, 1.82) is 0 Å². The van der Waals surface area contributed by atoms with E-state index in [0.29, 0.717) is 6.54 Å². The first kappa shape index (κ1) is 10.9. The van der Waals surface area contributed by atoms with Gasteiger partial charge in [-0.15, -0.1) is 0 Å². The summed E-state index contributed by atoms with van der Waals surface area (Å²) in [5.41, 5.74) is 5.51. The van der Waals surface area contributed by atoms with Gasteiger partial charge in [-0.3, -0.25) is 4.79 Å². The molecule has 1 aliphatic heterocycles. The maximum Gasteiger partial charge on any atom is 0.311 e. The first-order valence-corrected chi connectivity index (χ1v) is 5.54. The van der Waals surface area contributed by atoms with Crippen LogP contribution in [0.25, 0.3) is 0 Å². The highest BCUT2D eigenvalue weighted by molar-refractivity contribution is 5.75. The normalized spacial score (nSPS) is 39.5. The van der Waals surface area contributed by atoms with Crippen LogP contribution in [0.5, 0.6) is 0 Å². The standard InChI is InChI=1S/C11H20N2O2/c1-10(2,3)15-9(14)7-5-13-6-11(7)4-8(11)12/h7-8,13H,4-6,12H2,1-3H3. The van der Waals surface area contributed by atoms with E-state index >= 15 is 0 Å². The number of hydrogen-bond donors (Lipinski definition) is 2. The van der Waals surface area contributed by atoms with Crippen LogP contribution in [0.15, 0.2) is 0 Å². The average Bonchev–Trinajstić information content (AvgIpc) is 2.56. The molecule has 0 amide bonds. The Morgan fingerprint density at radius 3 is 2.60 bits per heavy atom. The Morgan fingerprint density at radius 1 is 1.53 bits per heavy atom. The maximum atomic E-state index is 11.9. The molecule has 0 bridgehead atoms. The minimum atomic E-state index is -0.403. The molecule has 1 saturated carbocycles. The lowest BCUT2D eigenvalue weighted by Gasteiger charge is -2.24. The Morgan fingerprint density at radius 2 is 2.13 bits per heavy atom. The summed E-state index contributed by atoms with van der Waals surface area (Å²) in [7, 11) is 0.